The highest BCUT2D eigenvalue weighted by molar-refractivity contribution is 5.97. The third-order valence-corrected chi connectivity index (χ3v) is 4.86. The Balaban J connectivity index is 1.32. The van der Waals surface area contributed by atoms with Gasteiger partial charge < -0.3 is 19.4 Å². The minimum absolute atomic E-state index is 0.0889. The number of hydrogen-bond acceptors (Lipinski definition) is 4. The van der Waals surface area contributed by atoms with Crippen LogP contribution in [0.15, 0.2) is 48.7 Å². The van der Waals surface area contributed by atoms with Crippen LogP contribution in [0.4, 0.5) is 13.2 Å². The monoisotopic (exact) mass is 419 g/mol. The van der Waals surface area contributed by atoms with Crippen molar-refractivity contribution in [1.29, 1.82) is 0 Å². The predicted octanol–water partition coefficient (Wildman–Crippen LogP) is 4.19. The van der Waals surface area contributed by atoms with Gasteiger partial charge in [0.2, 0.25) is 0 Å². The molecule has 1 aliphatic rings. The number of alkyl halides is 3. The number of hydrogen-bond donors (Lipinski definition) is 1. The number of pyridine rings is 1. The zero-order chi connectivity index (χ0) is 21.1. The lowest BCUT2D eigenvalue weighted by atomic mass is 10.1. The van der Waals surface area contributed by atoms with E-state index in [0.29, 0.717) is 43.0 Å². The molecule has 3 aromatic rings. The third kappa shape index (κ3) is 4.84. The smallest absolute Gasteiger partial charge is 0.422 e. The van der Waals surface area contributed by atoms with Gasteiger partial charge in [0, 0.05) is 43.6 Å². The molecular weight excluding hydrogens is 399 g/mol. The zero-order valence-electron chi connectivity index (χ0n) is 16.0. The molecular formula is C21H20F3N3O3. The van der Waals surface area contributed by atoms with Gasteiger partial charge in [-0.2, -0.15) is 13.2 Å². The number of nitrogens with one attached hydrogen (secondary N) is 1. The van der Waals surface area contributed by atoms with Crippen LogP contribution in [-0.4, -0.2) is 52.8 Å². The number of aromatic amines is 1. The van der Waals surface area contributed by atoms with Gasteiger partial charge in [-0.25, -0.2) is 4.98 Å². The highest BCUT2D eigenvalue weighted by atomic mass is 19.4. The molecule has 0 saturated carbocycles. The molecule has 0 bridgehead atoms. The van der Waals surface area contributed by atoms with Gasteiger partial charge >= 0.3 is 6.18 Å². The lowest BCUT2D eigenvalue weighted by Gasteiger charge is -2.32. The summed E-state index contributed by atoms with van der Waals surface area (Å²) in [4.78, 5) is 21.8. The van der Waals surface area contributed by atoms with Crippen molar-refractivity contribution >= 4 is 16.9 Å². The highest BCUT2D eigenvalue weighted by Crippen LogP contribution is 2.26. The molecule has 1 aliphatic heterocycles. The molecule has 0 spiro atoms. The molecule has 0 unspecified atom stereocenters. The lowest BCUT2D eigenvalue weighted by molar-refractivity contribution is -0.153. The fourth-order valence-corrected chi connectivity index (χ4v) is 3.42. The molecule has 3 heterocycles. The number of benzene rings is 1. The minimum atomic E-state index is -4.39. The number of piperidine rings is 1. The Hall–Kier alpha value is -3.23. The van der Waals surface area contributed by atoms with E-state index < -0.39 is 12.8 Å². The maximum Gasteiger partial charge on any atom is 0.422 e. The van der Waals surface area contributed by atoms with Gasteiger partial charge in [0.05, 0.1) is 0 Å². The first kappa shape index (κ1) is 20.1. The van der Waals surface area contributed by atoms with Crippen molar-refractivity contribution in [3.05, 3.63) is 54.4 Å². The second-order valence-corrected chi connectivity index (χ2v) is 7.11. The van der Waals surface area contributed by atoms with Crippen LogP contribution < -0.4 is 9.47 Å². The number of carbonyl (C=O) groups is 1. The lowest BCUT2D eigenvalue weighted by Crippen LogP contribution is -2.41. The molecule has 1 fully saturated rings. The fourth-order valence-electron chi connectivity index (χ4n) is 3.42. The molecule has 1 aromatic carbocycles. The molecule has 1 amide bonds. The number of aromatic nitrogens is 2. The van der Waals surface area contributed by atoms with E-state index in [0.717, 1.165) is 5.39 Å². The van der Waals surface area contributed by atoms with Crippen LogP contribution in [-0.2, 0) is 0 Å². The summed E-state index contributed by atoms with van der Waals surface area (Å²) in [5.74, 6) is 0.458. The van der Waals surface area contributed by atoms with Crippen LogP contribution in [0, 0.1) is 0 Å². The molecule has 158 valence electrons. The molecule has 9 heteroatoms. The number of H-pyrrole nitrogens is 1. The van der Waals surface area contributed by atoms with Crippen molar-refractivity contribution in [2.24, 2.45) is 0 Å². The molecule has 0 radical (unpaired) electrons. The molecule has 0 aliphatic carbocycles. The van der Waals surface area contributed by atoms with Gasteiger partial charge in [-0.3, -0.25) is 4.79 Å². The number of rotatable bonds is 5. The average Bonchev–Trinajstić information content (AvgIpc) is 3.16. The Morgan fingerprint density at radius 1 is 1.13 bits per heavy atom. The van der Waals surface area contributed by atoms with Crippen molar-refractivity contribution < 1.29 is 27.4 Å². The van der Waals surface area contributed by atoms with Gasteiger partial charge in [0.15, 0.2) is 6.61 Å². The second-order valence-electron chi connectivity index (χ2n) is 7.11. The molecule has 6 nitrogen and oxygen atoms in total. The third-order valence-electron chi connectivity index (χ3n) is 4.86. The zero-order valence-corrected chi connectivity index (χ0v) is 16.0. The summed E-state index contributed by atoms with van der Waals surface area (Å²) in [6.45, 7) is -0.298. The van der Waals surface area contributed by atoms with E-state index in [2.05, 4.69) is 9.97 Å². The normalized spacial score (nSPS) is 15.4. The van der Waals surface area contributed by atoms with Crippen molar-refractivity contribution in [1.82, 2.24) is 14.9 Å². The topological polar surface area (TPSA) is 67.5 Å². The van der Waals surface area contributed by atoms with Gasteiger partial charge in [-0.1, -0.05) is 6.07 Å². The summed E-state index contributed by atoms with van der Waals surface area (Å²) in [6, 6.07) is 11.7. The largest absolute Gasteiger partial charge is 0.490 e. The highest BCUT2D eigenvalue weighted by Gasteiger charge is 2.29. The summed E-state index contributed by atoms with van der Waals surface area (Å²) in [5.41, 5.74) is 1.17. The van der Waals surface area contributed by atoms with Crippen molar-refractivity contribution in [3.8, 4) is 11.5 Å². The van der Waals surface area contributed by atoms with E-state index in [-0.39, 0.29) is 17.8 Å². The van der Waals surface area contributed by atoms with Gasteiger partial charge in [-0.05, 0) is 30.3 Å². The summed E-state index contributed by atoms with van der Waals surface area (Å²) in [7, 11) is 0. The molecule has 30 heavy (non-hydrogen) atoms. The van der Waals surface area contributed by atoms with Crippen LogP contribution in [0.3, 0.4) is 0 Å². The van der Waals surface area contributed by atoms with Crippen molar-refractivity contribution in [2.45, 2.75) is 25.1 Å². The molecule has 4 rings (SSSR count). The molecule has 0 atom stereocenters. The van der Waals surface area contributed by atoms with Crippen LogP contribution in [0.5, 0.6) is 11.5 Å². The molecule has 1 saturated heterocycles. The quantitative estimate of drug-likeness (QED) is 0.674. The van der Waals surface area contributed by atoms with Gasteiger partial charge in [0.25, 0.3) is 5.91 Å². The standard InChI is InChI=1S/C21H20F3N3O3/c22-21(23,24)13-29-16-4-1-5-17(12-16)30-15-6-9-27(10-7-15)20(28)18-11-14-3-2-8-25-19(14)26-18/h1-5,8,11-12,15H,6-7,9-10,13H2,(H,25,26). The Morgan fingerprint density at radius 2 is 1.90 bits per heavy atom. The van der Waals surface area contributed by atoms with E-state index in [1.165, 1.54) is 12.1 Å². The van der Waals surface area contributed by atoms with E-state index in [4.69, 9.17) is 9.47 Å². The Bertz CT molecular complexity index is 994. The second kappa shape index (κ2) is 8.25. The number of halogens is 3. The Kier molecular flexibility index (Phi) is 5.52. The van der Waals surface area contributed by atoms with Crippen molar-refractivity contribution in [3.63, 3.8) is 0 Å². The number of carbonyl (C=O) groups excluding carboxylic acids is 1. The maximum atomic E-state index is 12.7. The van der Waals surface area contributed by atoms with Crippen LogP contribution in [0.1, 0.15) is 23.3 Å². The SMILES string of the molecule is O=C(c1cc2cccnc2[nH]1)N1CCC(Oc2cccc(OCC(F)(F)F)c2)CC1. The number of nitrogens with zero attached hydrogens (tertiary/aromatic N) is 2. The number of likely N-dealkylation sites (tertiary alicyclic amines) is 1. The summed E-state index contributed by atoms with van der Waals surface area (Å²) in [6.07, 6.45) is -1.61. The van der Waals surface area contributed by atoms with E-state index in [9.17, 15) is 18.0 Å². The number of fused-ring (bicyclic) bond motifs is 1. The van der Waals surface area contributed by atoms with Crippen LogP contribution in [0.25, 0.3) is 11.0 Å². The minimum Gasteiger partial charge on any atom is -0.490 e. The first-order valence-electron chi connectivity index (χ1n) is 9.57. The van der Waals surface area contributed by atoms with E-state index in [1.807, 2.05) is 12.1 Å². The number of ether oxygens (including phenoxy) is 2. The molecule has 1 N–H and O–H groups in total. The summed E-state index contributed by atoms with van der Waals surface area (Å²) < 4.78 is 47.6. The van der Waals surface area contributed by atoms with Gasteiger partial charge in [0.1, 0.15) is 28.9 Å². The van der Waals surface area contributed by atoms with Crippen molar-refractivity contribution in [2.75, 3.05) is 19.7 Å². The van der Waals surface area contributed by atoms with Crippen LogP contribution >= 0.6 is 0 Å². The summed E-state index contributed by atoms with van der Waals surface area (Å²) >= 11 is 0. The van der Waals surface area contributed by atoms with Crippen LogP contribution in [0.2, 0.25) is 0 Å². The van der Waals surface area contributed by atoms with E-state index in [1.54, 1.807) is 29.3 Å². The maximum absolute atomic E-state index is 12.7. The average molecular weight is 419 g/mol. The first-order valence-corrected chi connectivity index (χ1v) is 9.57. The first-order chi connectivity index (χ1) is 14.4. The van der Waals surface area contributed by atoms with E-state index >= 15 is 0 Å². The predicted molar refractivity (Wildman–Crippen MR) is 104 cm³/mol. The Labute approximate surface area is 170 Å². The fraction of sp³-hybridized carbons (Fsp3) is 0.333. The molecule has 2 aromatic heterocycles. The van der Waals surface area contributed by atoms with Gasteiger partial charge in [-0.15, -0.1) is 0 Å². The number of amides is 1. The summed E-state index contributed by atoms with van der Waals surface area (Å²) in [5, 5.41) is 0.881. The Morgan fingerprint density at radius 3 is 2.63 bits per heavy atom.